The third-order valence-corrected chi connectivity index (χ3v) is 6.36. The third-order valence-electron chi connectivity index (χ3n) is 6.36. The first kappa shape index (κ1) is 25.0. The normalized spacial score (nSPS) is 11.8. The average molecular weight is 485 g/mol. The van der Waals surface area contributed by atoms with Crippen LogP contribution in [0.15, 0.2) is 71.5 Å². The number of anilines is 1. The van der Waals surface area contributed by atoms with E-state index in [1.54, 1.807) is 15.5 Å². The van der Waals surface area contributed by atoms with Crippen molar-refractivity contribution in [2.45, 2.75) is 40.7 Å². The van der Waals surface area contributed by atoms with Crippen LogP contribution in [0.4, 0.5) is 10.5 Å². The number of carbonyl (C=O) groups excluding carboxylic acids is 1. The van der Waals surface area contributed by atoms with Crippen LogP contribution < -0.4 is 15.6 Å². The summed E-state index contributed by atoms with van der Waals surface area (Å²) in [7, 11) is 0. The second-order valence-electron chi connectivity index (χ2n) is 8.69. The minimum atomic E-state index is -0.508. The lowest BCUT2D eigenvalue weighted by Crippen LogP contribution is -2.40. The van der Waals surface area contributed by atoms with Gasteiger partial charge in [0, 0.05) is 12.2 Å². The molecule has 1 heterocycles. The standard InChI is InChI=1S/C29H32N4O3/c1-6-32(29(35)31-26-19(3)13-12-14-20(26)4)21(5)27-30-23-16-9-8-15-22(23)28(34)33(27)24-17-10-11-18-25(24)36-7-2/h8-18,21H,6-7H2,1-5H3,(H,31,35). The topological polar surface area (TPSA) is 76.5 Å². The van der Waals surface area contributed by atoms with Crippen molar-refractivity contribution in [2.24, 2.45) is 0 Å². The van der Waals surface area contributed by atoms with E-state index in [4.69, 9.17) is 9.72 Å². The van der Waals surface area contributed by atoms with Crippen molar-refractivity contribution in [3.8, 4) is 11.4 Å². The van der Waals surface area contributed by atoms with Crippen molar-refractivity contribution in [1.82, 2.24) is 14.5 Å². The van der Waals surface area contributed by atoms with Crippen molar-refractivity contribution < 1.29 is 9.53 Å². The molecule has 0 saturated heterocycles. The van der Waals surface area contributed by atoms with E-state index in [0.717, 1.165) is 16.8 Å². The molecule has 2 amide bonds. The summed E-state index contributed by atoms with van der Waals surface area (Å²) in [5.74, 6) is 1.04. The predicted molar refractivity (Wildman–Crippen MR) is 144 cm³/mol. The molecule has 0 aliphatic carbocycles. The number of aromatic nitrogens is 2. The van der Waals surface area contributed by atoms with Gasteiger partial charge in [0.05, 0.1) is 29.2 Å². The van der Waals surface area contributed by atoms with E-state index < -0.39 is 6.04 Å². The molecule has 4 rings (SSSR count). The molecule has 7 nitrogen and oxygen atoms in total. The lowest BCUT2D eigenvalue weighted by molar-refractivity contribution is 0.193. The van der Waals surface area contributed by atoms with Crippen LogP contribution in [0.5, 0.6) is 5.75 Å². The Morgan fingerprint density at radius 2 is 1.67 bits per heavy atom. The number of carbonyl (C=O) groups is 1. The second-order valence-corrected chi connectivity index (χ2v) is 8.69. The average Bonchev–Trinajstić information content (AvgIpc) is 2.87. The fourth-order valence-corrected chi connectivity index (χ4v) is 4.51. The van der Waals surface area contributed by atoms with Gasteiger partial charge < -0.3 is 15.0 Å². The molecule has 7 heteroatoms. The van der Waals surface area contributed by atoms with Crippen LogP contribution in [0.25, 0.3) is 16.6 Å². The van der Waals surface area contributed by atoms with Crippen molar-refractivity contribution in [3.05, 3.63) is 94.0 Å². The number of hydrogen-bond acceptors (Lipinski definition) is 4. The molecule has 0 spiro atoms. The van der Waals surface area contributed by atoms with Crippen LogP contribution in [0.1, 0.15) is 43.8 Å². The van der Waals surface area contributed by atoms with Crippen LogP contribution in [0.3, 0.4) is 0 Å². The van der Waals surface area contributed by atoms with Gasteiger partial charge in [0.25, 0.3) is 5.56 Å². The highest BCUT2D eigenvalue weighted by molar-refractivity contribution is 5.91. The number of urea groups is 1. The van der Waals surface area contributed by atoms with Gasteiger partial charge in [-0.1, -0.05) is 42.5 Å². The second kappa shape index (κ2) is 10.6. The molecule has 0 bridgehead atoms. The number of hydrogen-bond donors (Lipinski definition) is 1. The van der Waals surface area contributed by atoms with E-state index in [2.05, 4.69) is 5.32 Å². The maximum absolute atomic E-state index is 13.8. The van der Waals surface area contributed by atoms with Crippen molar-refractivity contribution in [1.29, 1.82) is 0 Å². The highest BCUT2D eigenvalue weighted by Gasteiger charge is 2.27. The number of fused-ring (bicyclic) bond motifs is 1. The first-order valence-corrected chi connectivity index (χ1v) is 12.2. The molecule has 0 aliphatic rings. The Morgan fingerprint density at radius 3 is 2.36 bits per heavy atom. The van der Waals surface area contributed by atoms with Gasteiger partial charge in [0.2, 0.25) is 0 Å². The lowest BCUT2D eigenvalue weighted by atomic mass is 10.1. The van der Waals surface area contributed by atoms with Gasteiger partial charge in [-0.15, -0.1) is 0 Å². The number of nitrogens with zero attached hydrogens (tertiary/aromatic N) is 3. The van der Waals surface area contributed by atoms with Gasteiger partial charge in [-0.3, -0.25) is 9.36 Å². The Balaban J connectivity index is 1.86. The van der Waals surface area contributed by atoms with Gasteiger partial charge in [-0.2, -0.15) is 0 Å². The summed E-state index contributed by atoms with van der Waals surface area (Å²) in [4.78, 5) is 33.9. The molecule has 0 saturated carbocycles. The molecule has 0 aliphatic heterocycles. The summed E-state index contributed by atoms with van der Waals surface area (Å²) in [5, 5.41) is 3.57. The number of aryl methyl sites for hydroxylation is 2. The summed E-state index contributed by atoms with van der Waals surface area (Å²) in [5.41, 5.74) is 3.73. The summed E-state index contributed by atoms with van der Waals surface area (Å²) < 4.78 is 7.43. The van der Waals surface area contributed by atoms with E-state index in [1.165, 1.54) is 0 Å². The fourth-order valence-electron chi connectivity index (χ4n) is 4.51. The van der Waals surface area contributed by atoms with Gasteiger partial charge in [-0.25, -0.2) is 9.78 Å². The van der Waals surface area contributed by atoms with Crippen LogP contribution in [-0.4, -0.2) is 33.6 Å². The third kappa shape index (κ3) is 4.69. The Morgan fingerprint density at radius 1 is 1.00 bits per heavy atom. The van der Waals surface area contributed by atoms with Crippen molar-refractivity contribution in [2.75, 3.05) is 18.5 Å². The molecule has 1 aromatic heterocycles. The number of benzene rings is 3. The summed E-state index contributed by atoms with van der Waals surface area (Å²) in [6.07, 6.45) is 0. The van der Waals surface area contributed by atoms with Crippen LogP contribution in [-0.2, 0) is 0 Å². The highest BCUT2D eigenvalue weighted by Crippen LogP contribution is 2.28. The van der Waals surface area contributed by atoms with Crippen LogP contribution in [0, 0.1) is 13.8 Å². The molecule has 3 aromatic carbocycles. The number of nitrogens with one attached hydrogen (secondary N) is 1. The maximum Gasteiger partial charge on any atom is 0.322 e. The van der Waals surface area contributed by atoms with Gasteiger partial charge in [0.15, 0.2) is 0 Å². The monoisotopic (exact) mass is 484 g/mol. The molecule has 0 radical (unpaired) electrons. The quantitative estimate of drug-likeness (QED) is 0.348. The van der Waals surface area contributed by atoms with Gasteiger partial charge >= 0.3 is 6.03 Å². The molecule has 0 fully saturated rings. The Bertz CT molecular complexity index is 1440. The molecular weight excluding hydrogens is 452 g/mol. The zero-order valence-corrected chi connectivity index (χ0v) is 21.4. The molecular formula is C29H32N4O3. The van der Waals surface area contributed by atoms with E-state index in [1.807, 2.05) is 95.3 Å². The minimum Gasteiger partial charge on any atom is -0.492 e. The van der Waals surface area contributed by atoms with Crippen LogP contribution >= 0.6 is 0 Å². The summed E-state index contributed by atoms with van der Waals surface area (Å²) in [6, 6.07) is 19.8. The molecule has 1 unspecified atom stereocenters. The SMILES string of the molecule is CCOc1ccccc1-n1c(C(C)N(CC)C(=O)Nc2c(C)cccc2C)nc2ccccc2c1=O. The molecule has 1 atom stereocenters. The number of amides is 2. The van der Waals surface area contributed by atoms with Crippen LogP contribution in [0.2, 0.25) is 0 Å². The zero-order chi connectivity index (χ0) is 25.8. The first-order chi connectivity index (χ1) is 17.4. The van der Waals surface area contributed by atoms with Gasteiger partial charge in [0.1, 0.15) is 11.6 Å². The zero-order valence-electron chi connectivity index (χ0n) is 21.4. The Labute approximate surface area is 211 Å². The van der Waals surface area contributed by atoms with E-state index in [9.17, 15) is 9.59 Å². The minimum absolute atomic E-state index is 0.208. The molecule has 4 aromatic rings. The fraction of sp³-hybridized carbons (Fsp3) is 0.276. The smallest absolute Gasteiger partial charge is 0.322 e. The largest absolute Gasteiger partial charge is 0.492 e. The van der Waals surface area contributed by atoms with E-state index >= 15 is 0 Å². The predicted octanol–water partition coefficient (Wildman–Crippen LogP) is 6.02. The maximum atomic E-state index is 13.8. The van der Waals surface area contributed by atoms with Crippen molar-refractivity contribution >= 4 is 22.6 Å². The number of para-hydroxylation sites is 4. The first-order valence-electron chi connectivity index (χ1n) is 12.2. The molecule has 186 valence electrons. The Hall–Kier alpha value is -4.13. The summed E-state index contributed by atoms with van der Waals surface area (Å²) >= 11 is 0. The number of rotatable bonds is 7. The van der Waals surface area contributed by atoms with Crippen molar-refractivity contribution in [3.63, 3.8) is 0 Å². The van der Waals surface area contributed by atoms with Gasteiger partial charge in [-0.05, 0) is 70.0 Å². The van der Waals surface area contributed by atoms with E-state index in [-0.39, 0.29) is 11.6 Å². The van der Waals surface area contributed by atoms with E-state index in [0.29, 0.717) is 41.3 Å². The molecule has 1 N–H and O–H groups in total. The summed E-state index contributed by atoms with van der Waals surface area (Å²) in [6.45, 7) is 10.5. The highest BCUT2D eigenvalue weighted by atomic mass is 16.5. The molecule has 36 heavy (non-hydrogen) atoms. The Kier molecular flexibility index (Phi) is 7.38. The number of ether oxygens (including phenoxy) is 1. The lowest BCUT2D eigenvalue weighted by Gasteiger charge is -2.30.